The molecule has 2 unspecified atom stereocenters. The van der Waals surface area contributed by atoms with Gasteiger partial charge in [0.25, 0.3) is 12.1 Å². The molecular formula is C13H16F2N2O2. The first-order valence-corrected chi connectivity index (χ1v) is 6.36. The maximum atomic E-state index is 12.9. The van der Waals surface area contributed by atoms with Crippen molar-refractivity contribution in [3.8, 4) is 0 Å². The minimum atomic E-state index is -2.72. The van der Waals surface area contributed by atoms with Gasteiger partial charge < -0.3 is 5.32 Å². The molecule has 0 aromatic heterocycles. The summed E-state index contributed by atoms with van der Waals surface area (Å²) in [5.41, 5.74) is -0.290. The molecule has 1 saturated carbocycles. The van der Waals surface area contributed by atoms with Gasteiger partial charge in [0.2, 0.25) is 0 Å². The van der Waals surface area contributed by atoms with Crippen LogP contribution in [0.2, 0.25) is 0 Å². The fourth-order valence-corrected chi connectivity index (χ4v) is 2.29. The van der Waals surface area contributed by atoms with Gasteiger partial charge in [0.15, 0.2) is 0 Å². The van der Waals surface area contributed by atoms with Gasteiger partial charge in [-0.1, -0.05) is 13.3 Å². The summed E-state index contributed by atoms with van der Waals surface area (Å²) in [6.07, 6.45) is 0.415. The van der Waals surface area contributed by atoms with Crippen LogP contribution in [0, 0.1) is 16.0 Å². The van der Waals surface area contributed by atoms with Gasteiger partial charge in [-0.25, -0.2) is 8.78 Å². The molecule has 0 saturated heterocycles. The summed E-state index contributed by atoms with van der Waals surface area (Å²) < 4.78 is 25.8. The number of halogens is 2. The number of anilines is 1. The zero-order chi connectivity index (χ0) is 14.0. The third kappa shape index (κ3) is 3.19. The van der Waals surface area contributed by atoms with Crippen molar-refractivity contribution in [3.05, 3.63) is 33.9 Å². The molecular weight excluding hydrogens is 254 g/mol. The summed E-state index contributed by atoms with van der Waals surface area (Å²) in [6, 6.07) is 3.80. The quantitative estimate of drug-likeness (QED) is 0.624. The Morgan fingerprint density at radius 3 is 2.84 bits per heavy atom. The molecule has 19 heavy (non-hydrogen) atoms. The van der Waals surface area contributed by atoms with Gasteiger partial charge in [-0.2, -0.15) is 0 Å². The lowest BCUT2D eigenvalue weighted by Crippen LogP contribution is -2.07. The van der Waals surface area contributed by atoms with Crippen molar-refractivity contribution in [2.75, 3.05) is 5.32 Å². The average Bonchev–Trinajstić information content (AvgIpc) is 3.07. The molecule has 1 aromatic carbocycles. The molecule has 1 aliphatic rings. The van der Waals surface area contributed by atoms with Crippen molar-refractivity contribution in [1.82, 2.24) is 0 Å². The third-order valence-corrected chi connectivity index (χ3v) is 3.40. The van der Waals surface area contributed by atoms with Crippen LogP contribution >= 0.6 is 0 Å². The smallest absolute Gasteiger partial charge is 0.270 e. The fraction of sp³-hybridized carbons (Fsp3) is 0.538. The lowest BCUT2D eigenvalue weighted by Gasteiger charge is -2.11. The molecule has 6 heteroatoms. The molecule has 0 aliphatic heterocycles. The number of nitrogens with zero attached hydrogens (tertiary/aromatic N) is 1. The molecule has 0 radical (unpaired) electrons. The Kier molecular flexibility index (Phi) is 3.97. The zero-order valence-corrected chi connectivity index (χ0v) is 10.6. The van der Waals surface area contributed by atoms with Gasteiger partial charge in [-0.3, -0.25) is 10.1 Å². The molecule has 0 spiro atoms. The maximum absolute atomic E-state index is 12.9. The molecule has 1 aromatic rings. The van der Waals surface area contributed by atoms with Crippen molar-refractivity contribution in [3.63, 3.8) is 0 Å². The summed E-state index contributed by atoms with van der Waals surface area (Å²) in [7, 11) is 0. The maximum Gasteiger partial charge on any atom is 0.270 e. The van der Waals surface area contributed by atoms with Crippen molar-refractivity contribution < 1.29 is 13.7 Å². The standard InChI is InChI=1S/C13H16F2N2O2/c1-2-3-8-6-12(8)16-11-5-4-9(17(18)19)7-10(11)13(14)15/h4-5,7-8,12-13,16H,2-3,6H2,1H3. The average molecular weight is 270 g/mol. The van der Waals surface area contributed by atoms with E-state index in [1.54, 1.807) is 0 Å². The first-order chi connectivity index (χ1) is 9.02. The summed E-state index contributed by atoms with van der Waals surface area (Å²) in [5.74, 6) is 0.533. The van der Waals surface area contributed by atoms with E-state index in [9.17, 15) is 18.9 Å². The number of nitro benzene ring substituents is 1. The van der Waals surface area contributed by atoms with Crippen LogP contribution in [-0.4, -0.2) is 11.0 Å². The van der Waals surface area contributed by atoms with E-state index >= 15 is 0 Å². The van der Waals surface area contributed by atoms with Crippen molar-refractivity contribution in [1.29, 1.82) is 0 Å². The van der Waals surface area contributed by atoms with Crippen LogP contribution in [0.25, 0.3) is 0 Å². The normalized spacial score (nSPS) is 21.5. The number of hydrogen-bond donors (Lipinski definition) is 1. The molecule has 2 rings (SSSR count). The van der Waals surface area contributed by atoms with Gasteiger partial charge in [0, 0.05) is 29.4 Å². The summed E-state index contributed by atoms with van der Waals surface area (Å²) in [6.45, 7) is 2.09. The molecule has 0 heterocycles. The Hall–Kier alpha value is -1.72. The van der Waals surface area contributed by atoms with Gasteiger partial charge in [-0.05, 0) is 24.8 Å². The number of hydrogen-bond acceptors (Lipinski definition) is 3. The number of nitrogens with one attached hydrogen (secondary N) is 1. The van der Waals surface area contributed by atoms with Crippen LogP contribution in [0.5, 0.6) is 0 Å². The van der Waals surface area contributed by atoms with Crippen LogP contribution in [0.3, 0.4) is 0 Å². The second kappa shape index (κ2) is 5.50. The van der Waals surface area contributed by atoms with E-state index in [1.165, 1.54) is 12.1 Å². The molecule has 0 bridgehead atoms. The first-order valence-electron chi connectivity index (χ1n) is 6.36. The predicted octanol–water partition coefficient (Wildman–Crippen LogP) is 4.13. The minimum Gasteiger partial charge on any atom is -0.382 e. The number of nitro groups is 1. The van der Waals surface area contributed by atoms with Crippen LogP contribution in [0.15, 0.2) is 18.2 Å². The predicted molar refractivity (Wildman–Crippen MR) is 68.5 cm³/mol. The summed E-state index contributed by atoms with van der Waals surface area (Å²) in [4.78, 5) is 9.94. The third-order valence-electron chi connectivity index (χ3n) is 3.40. The molecule has 1 fully saturated rings. The van der Waals surface area contributed by atoms with E-state index < -0.39 is 11.3 Å². The second-order valence-corrected chi connectivity index (χ2v) is 4.86. The number of rotatable bonds is 6. The molecule has 0 amide bonds. The number of alkyl halides is 2. The number of non-ortho nitro benzene ring substituents is 1. The van der Waals surface area contributed by atoms with Crippen LogP contribution in [0.4, 0.5) is 20.2 Å². The van der Waals surface area contributed by atoms with E-state index in [0.717, 1.165) is 25.3 Å². The van der Waals surface area contributed by atoms with E-state index in [-0.39, 0.29) is 17.3 Å². The Labute approximate surface area is 110 Å². The van der Waals surface area contributed by atoms with Crippen molar-refractivity contribution in [2.45, 2.75) is 38.7 Å². The lowest BCUT2D eigenvalue weighted by molar-refractivity contribution is -0.385. The van der Waals surface area contributed by atoms with E-state index in [4.69, 9.17) is 0 Å². The Balaban J connectivity index is 2.14. The summed E-state index contributed by atoms with van der Waals surface area (Å²) >= 11 is 0. The van der Waals surface area contributed by atoms with Gasteiger partial charge in [-0.15, -0.1) is 0 Å². The van der Waals surface area contributed by atoms with Crippen LogP contribution < -0.4 is 5.32 Å². The molecule has 2 atom stereocenters. The highest BCUT2D eigenvalue weighted by atomic mass is 19.3. The Morgan fingerprint density at radius 1 is 1.53 bits per heavy atom. The van der Waals surface area contributed by atoms with E-state index in [2.05, 4.69) is 12.2 Å². The fourth-order valence-electron chi connectivity index (χ4n) is 2.29. The molecule has 104 valence electrons. The van der Waals surface area contributed by atoms with Crippen LogP contribution in [-0.2, 0) is 0 Å². The highest BCUT2D eigenvalue weighted by molar-refractivity contribution is 5.57. The lowest BCUT2D eigenvalue weighted by atomic mass is 10.1. The Bertz CT molecular complexity index is 480. The largest absolute Gasteiger partial charge is 0.382 e. The van der Waals surface area contributed by atoms with E-state index in [0.29, 0.717) is 11.6 Å². The van der Waals surface area contributed by atoms with E-state index in [1.807, 2.05) is 0 Å². The topological polar surface area (TPSA) is 55.2 Å². The number of benzene rings is 1. The summed E-state index contributed by atoms with van der Waals surface area (Å²) in [5, 5.41) is 13.7. The molecule has 4 nitrogen and oxygen atoms in total. The zero-order valence-electron chi connectivity index (χ0n) is 10.6. The van der Waals surface area contributed by atoms with Gasteiger partial charge in [0.1, 0.15) is 0 Å². The van der Waals surface area contributed by atoms with Crippen LogP contribution in [0.1, 0.15) is 38.2 Å². The first kappa shape index (κ1) is 13.7. The molecule has 1 N–H and O–H groups in total. The Morgan fingerprint density at radius 2 is 2.26 bits per heavy atom. The second-order valence-electron chi connectivity index (χ2n) is 4.86. The van der Waals surface area contributed by atoms with Crippen molar-refractivity contribution in [2.24, 2.45) is 5.92 Å². The highest BCUT2D eigenvalue weighted by Gasteiger charge is 2.36. The SMILES string of the molecule is CCCC1CC1Nc1ccc([N+](=O)[O-])cc1C(F)F. The minimum absolute atomic E-state index is 0.221. The highest BCUT2D eigenvalue weighted by Crippen LogP contribution is 2.39. The monoisotopic (exact) mass is 270 g/mol. The van der Waals surface area contributed by atoms with Crippen molar-refractivity contribution >= 4 is 11.4 Å². The molecule has 1 aliphatic carbocycles. The van der Waals surface area contributed by atoms with Gasteiger partial charge >= 0.3 is 0 Å². The van der Waals surface area contributed by atoms with Gasteiger partial charge in [0.05, 0.1) is 4.92 Å².